The van der Waals surface area contributed by atoms with E-state index in [-0.39, 0.29) is 29.5 Å². The van der Waals surface area contributed by atoms with Gasteiger partial charge in [-0.1, -0.05) is 30.3 Å². The van der Waals surface area contributed by atoms with Crippen molar-refractivity contribution in [2.75, 3.05) is 19.6 Å². The predicted molar refractivity (Wildman–Crippen MR) is 128 cm³/mol. The van der Waals surface area contributed by atoms with E-state index in [1.54, 1.807) is 10.6 Å². The fraction of sp³-hybridized carbons (Fsp3) is 0.308. The minimum Gasteiger partial charge on any atom is -0.348 e. The molecule has 0 radical (unpaired) electrons. The molecule has 1 aliphatic heterocycles. The second-order valence-electron chi connectivity index (χ2n) is 8.93. The lowest BCUT2D eigenvalue weighted by Gasteiger charge is -2.34. The van der Waals surface area contributed by atoms with Gasteiger partial charge in [-0.25, -0.2) is 9.18 Å². The van der Waals surface area contributed by atoms with E-state index >= 15 is 0 Å². The van der Waals surface area contributed by atoms with Gasteiger partial charge in [0.1, 0.15) is 5.82 Å². The summed E-state index contributed by atoms with van der Waals surface area (Å²) in [5, 5.41) is 5.27. The lowest BCUT2D eigenvalue weighted by Crippen LogP contribution is -2.45. The van der Waals surface area contributed by atoms with Crippen LogP contribution in [0.5, 0.6) is 0 Å². The molecule has 1 saturated heterocycles. The fourth-order valence-corrected chi connectivity index (χ4v) is 4.89. The molecular formula is C26H27FN4O2. The van der Waals surface area contributed by atoms with Gasteiger partial charge in [0.2, 0.25) is 0 Å². The Labute approximate surface area is 191 Å². The van der Waals surface area contributed by atoms with E-state index in [1.807, 2.05) is 49.4 Å². The first kappa shape index (κ1) is 21.4. The number of nitrogens with one attached hydrogen (secondary N) is 2. The molecule has 7 heteroatoms. The number of H-pyrrole nitrogens is 1. The lowest BCUT2D eigenvalue weighted by atomic mass is 10.0. The molecule has 2 heterocycles. The van der Waals surface area contributed by atoms with Gasteiger partial charge in [-0.15, -0.1) is 0 Å². The molecule has 1 atom stereocenters. The Bertz CT molecular complexity index is 1370. The monoisotopic (exact) mass is 446 g/mol. The van der Waals surface area contributed by atoms with Gasteiger partial charge >= 0.3 is 5.69 Å². The summed E-state index contributed by atoms with van der Waals surface area (Å²) >= 11 is 0. The molecule has 5 rings (SSSR count). The summed E-state index contributed by atoms with van der Waals surface area (Å²) in [6, 6.07) is 18.2. The Morgan fingerprint density at radius 2 is 1.85 bits per heavy atom. The van der Waals surface area contributed by atoms with Crippen LogP contribution in [0, 0.1) is 5.82 Å². The largest absolute Gasteiger partial charge is 0.348 e. The van der Waals surface area contributed by atoms with E-state index in [4.69, 9.17) is 0 Å². The Kier molecular flexibility index (Phi) is 5.72. The zero-order chi connectivity index (χ0) is 22.9. The maximum absolute atomic E-state index is 13.7. The van der Waals surface area contributed by atoms with Gasteiger partial charge in [-0.3, -0.25) is 9.36 Å². The maximum Gasteiger partial charge on any atom is 0.326 e. The van der Waals surface area contributed by atoms with Crippen LogP contribution < -0.4 is 11.0 Å². The number of benzene rings is 3. The van der Waals surface area contributed by atoms with Crippen molar-refractivity contribution in [2.24, 2.45) is 0 Å². The summed E-state index contributed by atoms with van der Waals surface area (Å²) in [6.45, 7) is 4.38. The zero-order valence-corrected chi connectivity index (χ0v) is 18.6. The van der Waals surface area contributed by atoms with Crippen LogP contribution in [0.3, 0.4) is 0 Å². The number of hydrogen-bond donors (Lipinski definition) is 2. The van der Waals surface area contributed by atoms with Gasteiger partial charge in [0.25, 0.3) is 5.91 Å². The minimum absolute atomic E-state index is 0.00886. The second kappa shape index (κ2) is 8.83. The van der Waals surface area contributed by atoms with Gasteiger partial charge in [-0.2, -0.15) is 0 Å². The van der Waals surface area contributed by atoms with Gasteiger partial charge < -0.3 is 15.2 Å². The third-order valence-corrected chi connectivity index (χ3v) is 6.52. The smallest absolute Gasteiger partial charge is 0.326 e. The van der Waals surface area contributed by atoms with Crippen LogP contribution in [0.15, 0.2) is 65.5 Å². The Hall–Kier alpha value is -3.45. The number of carbonyl (C=O) groups excluding carboxylic acids is 1. The van der Waals surface area contributed by atoms with Crippen LogP contribution in [0.1, 0.15) is 36.2 Å². The summed E-state index contributed by atoms with van der Waals surface area (Å²) in [5.74, 6) is -0.417. The van der Waals surface area contributed by atoms with Crippen LogP contribution in [-0.2, 0) is 0 Å². The normalized spacial score (nSPS) is 16.3. The molecule has 2 N–H and O–H groups in total. The molecule has 0 aliphatic carbocycles. The third-order valence-electron chi connectivity index (χ3n) is 6.52. The molecule has 0 spiro atoms. The number of halogens is 1. The number of rotatable bonds is 5. The first-order chi connectivity index (χ1) is 16.0. The van der Waals surface area contributed by atoms with Crippen LogP contribution >= 0.6 is 0 Å². The number of aromatic nitrogens is 2. The van der Waals surface area contributed by atoms with Gasteiger partial charge in [0.15, 0.2) is 0 Å². The van der Waals surface area contributed by atoms with Gasteiger partial charge in [0, 0.05) is 37.3 Å². The van der Waals surface area contributed by atoms with Crippen LogP contribution in [0.25, 0.3) is 21.8 Å². The van der Waals surface area contributed by atoms with E-state index in [1.165, 1.54) is 12.1 Å². The number of piperidine rings is 1. The lowest BCUT2D eigenvalue weighted by molar-refractivity contribution is 0.0921. The molecule has 170 valence electrons. The zero-order valence-electron chi connectivity index (χ0n) is 18.6. The average Bonchev–Trinajstić information content (AvgIpc) is 3.14. The standard InChI is InChI=1S/C26H27FN4O2/c1-17(28-25(32)20-7-6-18-4-2-3-5-19(18)14-20)16-30-12-10-22(11-13-30)31-24-15-21(27)8-9-23(24)29-26(31)33/h2-9,14-15,17,22H,10-13,16H2,1H3,(H,28,32)(H,29,33)/t17-/m0/s1. The molecule has 0 unspecified atom stereocenters. The molecule has 1 amide bonds. The van der Waals surface area contributed by atoms with E-state index in [0.717, 1.165) is 43.2 Å². The maximum atomic E-state index is 13.7. The highest BCUT2D eigenvalue weighted by Gasteiger charge is 2.25. The number of carbonyl (C=O) groups is 1. The van der Waals surface area contributed by atoms with E-state index < -0.39 is 0 Å². The van der Waals surface area contributed by atoms with Crippen molar-refractivity contribution >= 4 is 27.7 Å². The van der Waals surface area contributed by atoms with Crippen molar-refractivity contribution in [3.05, 3.63) is 82.5 Å². The molecule has 1 aromatic heterocycles. The SMILES string of the molecule is C[C@@H](CN1CCC(n2c(=O)[nH]c3ccc(F)cc32)CC1)NC(=O)c1ccc2ccccc2c1. The number of imidazole rings is 1. The minimum atomic E-state index is -0.344. The third kappa shape index (κ3) is 4.41. The summed E-state index contributed by atoms with van der Waals surface area (Å²) in [5.41, 5.74) is 1.75. The Balaban J connectivity index is 1.19. The molecule has 0 bridgehead atoms. The Morgan fingerprint density at radius 1 is 1.09 bits per heavy atom. The van der Waals surface area contributed by atoms with E-state index in [0.29, 0.717) is 16.6 Å². The predicted octanol–water partition coefficient (Wildman–Crippen LogP) is 4.08. The summed E-state index contributed by atoms with van der Waals surface area (Å²) in [6.07, 6.45) is 1.60. The molecule has 0 saturated carbocycles. The molecule has 33 heavy (non-hydrogen) atoms. The first-order valence-corrected chi connectivity index (χ1v) is 11.4. The number of hydrogen-bond acceptors (Lipinski definition) is 3. The molecule has 1 aliphatic rings. The van der Waals surface area contributed by atoms with Crippen molar-refractivity contribution in [3.8, 4) is 0 Å². The number of amides is 1. The highest BCUT2D eigenvalue weighted by atomic mass is 19.1. The van der Waals surface area contributed by atoms with E-state index in [9.17, 15) is 14.0 Å². The van der Waals surface area contributed by atoms with Crippen molar-refractivity contribution in [1.82, 2.24) is 19.8 Å². The molecule has 6 nitrogen and oxygen atoms in total. The molecular weight excluding hydrogens is 419 g/mol. The number of likely N-dealkylation sites (tertiary alicyclic amines) is 1. The first-order valence-electron chi connectivity index (χ1n) is 11.4. The van der Waals surface area contributed by atoms with Crippen molar-refractivity contribution < 1.29 is 9.18 Å². The molecule has 1 fully saturated rings. The summed E-state index contributed by atoms with van der Waals surface area (Å²) < 4.78 is 15.4. The molecule has 3 aromatic carbocycles. The number of aromatic amines is 1. The van der Waals surface area contributed by atoms with Gasteiger partial charge in [-0.05, 0) is 60.9 Å². The summed E-state index contributed by atoms with van der Waals surface area (Å²) in [4.78, 5) is 30.3. The van der Waals surface area contributed by atoms with E-state index in [2.05, 4.69) is 15.2 Å². The second-order valence-corrected chi connectivity index (χ2v) is 8.93. The van der Waals surface area contributed by atoms with Crippen LogP contribution in [0.4, 0.5) is 4.39 Å². The average molecular weight is 447 g/mol. The molecule has 4 aromatic rings. The Morgan fingerprint density at radius 3 is 2.64 bits per heavy atom. The fourth-order valence-electron chi connectivity index (χ4n) is 4.89. The highest BCUT2D eigenvalue weighted by molar-refractivity contribution is 5.98. The van der Waals surface area contributed by atoms with Crippen molar-refractivity contribution in [1.29, 1.82) is 0 Å². The van der Waals surface area contributed by atoms with Crippen molar-refractivity contribution in [2.45, 2.75) is 31.8 Å². The topological polar surface area (TPSA) is 70.1 Å². The summed E-state index contributed by atoms with van der Waals surface area (Å²) in [7, 11) is 0. The van der Waals surface area contributed by atoms with Gasteiger partial charge in [0.05, 0.1) is 11.0 Å². The van der Waals surface area contributed by atoms with Crippen molar-refractivity contribution in [3.63, 3.8) is 0 Å². The van der Waals surface area contributed by atoms with Crippen LogP contribution in [-0.4, -0.2) is 46.0 Å². The number of nitrogens with zero attached hydrogens (tertiary/aromatic N) is 2. The number of fused-ring (bicyclic) bond motifs is 2. The quantitative estimate of drug-likeness (QED) is 0.485. The van der Waals surface area contributed by atoms with Crippen LogP contribution in [0.2, 0.25) is 0 Å². The highest BCUT2D eigenvalue weighted by Crippen LogP contribution is 2.25.